The van der Waals surface area contributed by atoms with Crippen molar-refractivity contribution in [3.8, 4) is 0 Å². The van der Waals surface area contributed by atoms with Crippen molar-refractivity contribution >= 4 is 46.4 Å². The van der Waals surface area contributed by atoms with Gasteiger partial charge in [-0.05, 0) is 42.0 Å². The van der Waals surface area contributed by atoms with Gasteiger partial charge in [0, 0.05) is 20.8 Å². The first kappa shape index (κ1) is 14.2. The zero-order valence-electron chi connectivity index (χ0n) is 9.79. The first-order valence-electron chi connectivity index (χ1n) is 5.54. The van der Waals surface area contributed by atoms with Crippen molar-refractivity contribution in [2.24, 2.45) is 0 Å². The van der Waals surface area contributed by atoms with Gasteiger partial charge < -0.3 is 5.32 Å². The fraction of sp³-hybridized carbons (Fsp3) is 0.0714. The Labute approximate surface area is 126 Å². The molecule has 5 heteroatoms. The summed E-state index contributed by atoms with van der Waals surface area (Å²) in [4.78, 5) is 11.9. The molecule has 19 heavy (non-hydrogen) atoms. The van der Waals surface area contributed by atoms with Crippen molar-refractivity contribution in [2.45, 2.75) is 6.42 Å². The van der Waals surface area contributed by atoms with Crippen LogP contribution in [0, 0.1) is 0 Å². The molecule has 0 saturated carbocycles. The van der Waals surface area contributed by atoms with Crippen LogP contribution >= 0.6 is 34.8 Å². The van der Waals surface area contributed by atoms with E-state index in [1.54, 1.807) is 42.5 Å². The maximum absolute atomic E-state index is 11.9. The van der Waals surface area contributed by atoms with E-state index < -0.39 is 0 Å². The summed E-state index contributed by atoms with van der Waals surface area (Å²) in [5, 5.41) is 4.43. The highest BCUT2D eigenvalue weighted by Gasteiger charge is 2.08. The molecule has 98 valence electrons. The van der Waals surface area contributed by atoms with E-state index in [2.05, 4.69) is 5.32 Å². The van der Waals surface area contributed by atoms with Crippen LogP contribution in [-0.2, 0) is 11.2 Å². The maximum atomic E-state index is 11.9. The molecular weight excluding hydrogens is 305 g/mol. The number of rotatable bonds is 3. The SMILES string of the molecule is O=C(Cc1ccc(Cl)cc1Cl)Nc1ccc(Cl)cc1. The number of hydrogen-bond acceptors (Lipinski definition) is 1. The van der Waals surface area contributed by atoms with Gasteiger partial charge >= 0.3 is 0 Å². The third kappa shape index (κ3) is 4.13. The molecule has 0 bridgehead atoms. The summed E-state index contributed by atoms with van der Waals surface area (Å²) in [6, 6.07) is 12.0. The first-order chi connectivity index (χ1) is 9.04. The molecule has 1 N–H and O–H groups in total. The van der Waals surface area contributed by atoms with E-state index in [9.17, 15) is 4.79 Å². The van der Waals surface area contributed by atoms with Crippen molar-refractivity contribution in [1.29, 1.82) is 0 Å². The van der Waals surface area contributed by atoms with Crippen molar-refractivity contribution in [1.82, 2.24) is 0 Å². The molecule has 2 aromatic carbocycles. The Morgan fingerprint density at radius 2 is 1.58 bits per heavy atom. The number of amides is 1. The molecule has 2 aromatic rings. The molecule has 0 unspecified atom stereocenters. The Hall–Kier alpha value is -1.22. The van der Waals surface area contributed by atoms with Gasteiger partial charge in [0.1, 0.15) is 0 Å². The molecule has 0 heterocycles. The van der Waals surface area contributed by atoms with Crippen LogP contribution in [0.2, 0.25) is 15.1 Å². The van der Waals surface area contributed by atoms with E-state index in [-0.39, 0.29) is 12.3 Å². The van der Waals surface area contributed by atoms with Gasteiger partial charge in [-0.25, -0.2) is 0 Å². The number of carbonyl (C=O) groups excluding carboxylic acids is 1. The largest absolute Gasteiger partial charge is 0.326 e. The second-order valence-electron chi connectivity index (χ2n) is 3.97. The third-order valence-electron chi connectivity index (χ3n) is 2.49. The van der Waals surface area contributed by atoms with Crippen LogP contribution in [0.3, 0.4) is 0 Å². The summed E-state index contributed by atoms with van der Waals surface area (Å²) >= 11 is 17.6. The van der Waals surface area contributed by atoms with E-state index in [1.165, 1.54) is 0 Å². The van der Waals surface area contributed by atoms with Crippen molar-refractivity contribution < 1.29 is 4.79 Å². The van der Waals surface area contributed by atoms with Crippen LogP contribution in [0.25, 0.3) is 0 Å². The monoisotopic (exact) mass is 313 g/mol. The lowest BCUT2D eigenvalue weighted by atomic mass is 10.1. The lowest BCUT2D eigenvalue weighted by Gasteiger charge is -2.07. The first-order valence-corrected chi connectivity index (χ1v) is 6.67. The average molecular weight is 315 g/mol. The van der Waals surface area contributed by atoms with Gasteiger partial charge in [-0.2, -0.15) is 0 Å². The lowest BCUT2D eigenvalue weighted by Crippen LogP contribution is -2.14. The lowest BCUT2D eigenvalue weighted by molar-refractivity contribution is -0.115. The number of nitrogens with one attached hydrogen (secondary N) is 1. The zero-order valence-corrected chi connectivity index (χ0v) is 12.1. The summed E-state index contributed by atoms with van der Waals surface area (Å²) < 4.78 is 0. The van der Waals surface area contributed by atoms with Gasteiger partial charge in [-0.15, -0.1) is 0 Å². The molecule has 0 saturated heterocycles. The quantitative estimate of drug-likeness (QED) is 0.864. The smallest absolute Gasteiger partial charge is 0.228 e. The summed E-state index contributed by atoms with van der Waals surface area (Å²) in [5.74, 6) is -0.147. The van der Waals surface area contributed by atoms with Gasteiger partial charge in [0.2, 0.25) is 5.91 Å². The Morgan fingerprint density at radius 3 is 2.21 bits per heavy atom. The molecule has 2 rings (SSSR count). The maximum Gasteiger partial charge on any atom is 0.228 e. The molecule has 0 fully saturated rings. The van der Waals surface area contributed by atoms with E-state index >= 15 is 0 Å². The highest BCUT2D eigenvalue weighted by atomic mass is 35.5. The van der Waals surface area contributed by atoms with Gasteiger partial charge in [-0.1, -0.05) is 40.9 Å². The minimum absolute atomic E-state index is 0.147. The van der Waals surface area contributed by atoms with Crippen LogP contribution in [0.1, 0.15) is 5.56 Å². The normalized spacial score (nSPS) is 10.3. The average Bonchev–Trinajstić information content (AvgIpc) is 2.36. The second-order valence-corrected chi connectivity index (χ2v) is 5.25. The minimum atomic E-state index is -0.147. The second kappa shape index (κ2) is 6.29. The van der Waals surface area contributed by atoms with Gasteiger partial charge in [-0.3, -0.25) is 4.79 Å². The number of carbonyl (C=O) groups is 1. The van der Waals surface area contributed by atoms with Crippen LogP contribution in [0.15, 0.2) is 42.5 Å². The van der Waals surface area contributed by atoms with Crippen LogP contribution in [0.5, 0.6) is 0 Å². The molecule has 2 nitrogen and oxygen atoms in total. The summed E-state index contributed by atoms with van der Waals surface area (Å²) in [6.07, 6.45) is 0.193. The number of benzene rings is 2. The molecular formula is C14H10Cl3NO. The summed E-state index contributed by atoms with van der Waals surface area (Å²) in [7, 11) is 0. The molecule has 1 amide bonds. The Morgan fingerprint density at radius 1 is 0.947 bits per heavy atom. The zero-order chi connectivity index (χ0) is 13.8. The number of anilines is 1. The summed E-state index contributed by atoms with van der Waals surface area (Å²) in [5.41, 5.74) is 1.43. The predicted molar refractivity (Wildman–Crippen MR) is 80.2 cm³/mol. The molecule has 0 aliphatic rings. The minimum Gasteiger partial charge on any atom is -0.326 e. The third-order valence-corrected chi connectivity index (χ3v) is 3.33. The van der Waals surface area contributed by atoms with E-state index in [4.69, 9.17) is 34.8 Å². The predicted octanol–water partition coefficient (Wildman–Crippen LogP) is 4.83. The van der Waals surface area contributed by atoms with Crippen LogP contribution < -0.4 is 5.32 Å². The Balaban J connectivity index is 2.03. The van der Waals surface area contributed by atoms with Crippen molar-refractivity contribution in [3.05, 3.63) is 63.1 Å². The van der Waals surface area contributed by atoms with Crippen LogP contribution in [0.4, 0.5) is 5.69 Å². The fourth-order valence-electron chi connectivity index (χ4n) is 1.58. The van der Waals surface area contributed by atoms with Crippen LogP contribution in [-0.4, -0.2) is 5.91 Å². The van der Waals surface area contributed by atoms with E-state index in [1.807, 2.05) is 0 Å². The molecule has 0 aromatic heterocycles. The number of hydrogen-bond donors (Lipinski definition) is 1. The van der Waals surface area contributed by atoms with E-state index in [0.29, 0.717) is 20.8 Å². The topological polar surface area (TPSA) is 29.1 Å². The highest BCUT2D eigenvalue weighted by Crippen LogP contribution is 2.22. The van der Waals surface area contributed by atoms with E-state index in [0.717, 1.165) is 5.56 Å². The highest BCUT2D eigenvalue weighted by molar-refractivity contribution is 6.35. The number of halogens is 3. The van der Waals surface area contributed by atoms with Gasteiger partial charge in [0.25, 0.3) is 0 Å². The molecule has 0 radical (unpaired) electrons. The standard InChI is InChI=1S/C14H10Cl3NO/c15-10-3-5-12(6-4-10)18-14(19)7-9-1-2-11(16)8-13(9)17/h1-6,8H,7H2,(H,18,19). The van der Waals surface area contributed by atoms with Crippen molar-refractivity contribution in [2.75, 3.05) is 5.32 Å². The molecule has 0 aliphatic carbocycles. The Kier molecular flexibility index (Phi) is 4.70. The summed E-state index contributed by atoms with van der Waals surface area (Å²) in [6.45, 7) is 0. The molecule has 0 spiro atoms. The van der Waals surface area contributed by atoms with Gasteiger partial charge in [0.05, 0.1) is 6.42 Å². The fourth-order valence-corrected chi connectivity index (χ4v) is 2.18. The van der Waals surface area contributed by atoms with Gasteiger partial charge in [0.15, 0.2) is 0 Å². The Bertz CT molecular complexity index is 596. The molecule has 0 atom stereocenters. The molecule has 0 aliphatic heterocycles. The van der Waals surface area contributed by atoms with Crippen molar-refractivity contribution in [3.63, 3.8) is 0 Å².